The zero-order valence-corrected chi connectivity index (χ0v) is 10.4. The average molecular weight is 304 g/mol. The fourth-order valence-corrected chi connectivity index (χ4v) is 3.34. The summed E-state index contributed by atoms with van der Waals surface area (Å²) in [4.78, 5) is 0.0380. The standard InChI is InChI=1S/C7H5BrCl2O2S/c1-4-5(9)2-3-6(7(4)8)13(10,11)12/h2-3H,1H3. The Bertz CT molecular complexity index is 442. The SMILES string of the molecule is Cc1c(Cl)ccc(S(=O)(=O)Cl)c1Br. The summed E-state index contributed by atoms with van der Waals surface area (Å²) >= 11 is 8.89. The van der Waals surface area contributed by atoms with Crippen molar-refractivity contribution in [3.05, 3.63) is 27.2 Å². The van der Waals surface area contributed by atoms with Gasteiger partial charge in [0.15, 0.2) is 0 Å². The number of hydrogen-bond acceptors (Lipinski definition) is 2. The van der Waals surface area contributed by atoms with Crippen LogP contribution >= 0.6 is 38.2 Å². The third-order valence-corrected chi connectivity index (χ3v) is 4.61. The molecule has 0 atom stereocenters. The molecule has 1 aromatic rings. The van der Waals surface area contributed by atoms with E-state index in [1.165, 1.54) is 12.1 Å². The minimum Gasteiger partial charge on any atom is -0.207 e. The fourth-order valence-electron chi connectivity index (χ4n) is 0.825. The number of rotatable bonds is 1. The molecule has 72 valence electrons. The maximum atomic E-state index is 11.0. The molecule has 1 aromatic carbocycles. The minimum absolute atomic E-state index is 0.0380. The molecule has 13 heavy (non-hydrogen) atoms. The van der Waals surface area contributed by atoms with E-state index in [4.69, 9.17) is 22.3 Å². The van der Waals surface area contributed by atoms with Crippen molar-refractivity contribution in [2.45, 2.75) is 11.8 Å². The number of hydrogen-bond donors (Lipinski definition) is 0. The van der Waals surface area contributed by atoms with Crippen LogP contribution in [-0.4, -0.2) is 8.42 Å². The second-order valence-electron chi connectivity index (χ2n) is 2.42. The van der Waals surface area contributed by atoms with Gasteiger partial charge in [0, 0.05) is 20.2 Å². The Morgan fingerprint density at radius 1 is 1.38 bits per heavy atom. The van der Waals surface area contributed by atoms with Crippen molar-refractivity contribution < 1.29 is 8.42 Å². The Morgan fingerprint density at radius 2 is 1.92 bits per heavy atom. The summed E-state index contributed by atoms with van der Waals surface area (Å²) in [6.07, 6.45) is 0. The second-order valence-corrected chi connectivity index (χ2v) is 6.16. The summed E-state index contributed by atoms with van der Waals surface area (Å²) in [6, 6.07) is 2.86. The van der Waals surface area contributed by atoms with E-state index >= 15 is 0 Å². The van der Waals surface area contributed by atoms with E-state index in [0.29, 0.717) is 15.1 Å². The Hall–Kier alpha value is 0.230. The van der Waals surface area contributed by atoms with Crippen molar-refractivity contribution in [2.75, 3.05) is 0 Å². The van der Waals surface area contributed by atoms with Crippen LogP contribution in [0.3, 0.4) is 0 Å². The summed E-state index contributed by atoms with van der Waals surface area (Å²) in [5, 5.41) is 0.496. The molecule has 0 amide bonds. The lowest BCUT2D eigenvalue weighted by molar-refractivity contribution is 0.609. The molecule has 0 N–H and O–H groups in total. The summed E-state index contributed by atoms with van der Waals surface area (Å²) in [5.74, 6) is 0. The van der Waals surface area contributed by atoms with Crippen molar-refractivity contribution in [3.63, 3.8) is 0 Å². The first-order chi connectivity index (χ1) is 5.84. The highest BCUT2D eigenvalue weighted by Crippen LogP contribution is 2.32. The molecule has 0 spiro atoms. The summed E-state index contributed by atoms with van der Waals surface area (Å²) in [7, 11) is 1.48. The van der Waals surface area contributed by atoms with E-state index in [0.717, 1.165) is 0 Å². The highest BCUT2D eigenvalue weighted by Gasteiger charge is 2.16. The molecular formula is C7H5BrCl2O2S. The molecule has 0 aliphatic rings. The third kappa shape index (κ3) is 2.37. The molecule has 0 radical (unpaired) electrons. The van der Waals surface area contributed by atoms with Gasteiger partial charge in [0.1, 0.15) is 0 Å². The molecule has 0 unspecified atom stereocenters. The zero-order valence-electron chi connectivity index (χ0n) is 6.51. The van der Waals surface area contributed by atoms with E-state index in [-0.39, 0.29) is 4.90 Å². The molecule has 2 nitrogen and oxygen atoms in total. The van der Waals surface area contributed by atoms with E-state index in [9.17, 15) is 8.42 Å². The molecule has 0 aromatic heterocycles. The van der Waals surface area contributed by atoms with Gasteiger partial charge < -0.3 is 0 Å². The largest absolute Gasteiger partial charge is 0.262 e. The van der Waals surface area contributed by atoms with Crippen LogP contribution in [0.25, 0.3) is 0 Å². The Balaban J connectivity index is 3.53. The van der Waals surface area contributed by atoms with Gasteiger partial charge in [-0.15, -0.1) is 0 Å². The van der Waals surface area contributed by atoms with Gasteiger partial charge in [-0.25, -0.2) is 8.42 Å². The highest BCUT2D eigenvalue weighted by atomic mass is 79.9. The average Bonchev–Trinajstić information content (AvgIpc) is 1.98. The second kappa shape index (κ2) is 3.77. The molecule has 0 fully saturated rings. The molecule has 0 bridgehead atoms. The maximum Gasteiger partial charge on any atom is 0.262 e. The third-order valence-electron chi connectivity index (χ3n) is 1.55. The van der Waals surface area contributed by atoms with E-state index < -0.39 is 9.05 Å². The zero-order chi connectivity index (χ0) is 10.2. The van der Waals surface area contributed by atoms with Gasteiger partial charge in [-0.2, -0.15) is 0 Å². The molecule has 0 heterocycles. The Labute approximate surface area is 94.4 Å². The first-order valence-corrected chi connectivity index (χ1v) is 6.71. The number of benzene rings is 1. The lowest BCUT2D eigenvalue weighted by Crippen LogP contribution is -1.94. The maximum absolute atomic E-state index is 11.0. The topological polar surface area (TPSA) is 34.1 Å². The van der Waals surface area contributed by atoms with Gasteiger partial charge in [-0.1, -0.05) is 11.6 Å². The lowest BCUT2D eigenvalue weighted by atomic mass is 10.2. The van der Waals surface area contributed by atoms with E-state index in [1.807, 2.05) is 0 Å². The Morgan fingerprint density at radius 3 is 2.38 bits per heavy atom. The molecular weight excluding hydrogens is 299 g/mol. The van der Waals surface area contributed by atoms with Crippen LogP contribution in [-0.2, 0) is 9.05 Å². The first-order valence-electron chi connectivity index (χ1n) is 3.23. The van der Waals surface area contributed by atoms with Crippen molar-refractivity contribution in [3.8, 4) is 0 Å². The first kappa shape index (κ1) is 11.3. The summed E-state index contributed by atoms with van der Waals surface area (Å²) < 4.78 is 22.4. The molecule has 0 aliphatic heterocycles. The van der Waals surface area contributed by atoms with Gasteiger partial charge in [0.25, 0.3) is 9.05 Å². The quantitative estimate of drug-likeness (QED) is 0.746. The van der Waals surface area contributed by atoms with E-state index in [1.54, 1.807) is 6.92 Å². The van der Waals surface area contributed by atoms with Crippen molar-refractivity contribution in [1.82, 2.24) is 0 Å². The normalized spacial score (nSPS) is 11.7. The Kier molecular flexibility index (Phi) is 3.28. The van der Waals surface area contributed by atoms with Gasteiger partial charge in [-0.05, 0) is 40.5 Å². The minimum atomic E-state index is -3.71. The fraction of sp³-hybridized carbons (Fsp3) is 0.143. The van der Waals surface area contributed by atoms with Crippen molar-refractivity contribution in [2.24, 2.45) is 0 Å². The van der Waals surface area contributed by atoms with Crippen LogP contribution in [0.15, 0.2) is 21.5 Å². The molecule has 0 saturated heterocycles. The van der Waals surface area contributed by atoms with Crippen LogP contribution < -0.4 is 0 Å². The van der Waals surface area contributed by atoms with Crippen molar-refractivity contribution >= 4 is 47.3 Å². The number of halogens is 3. The predicted molar refractivity (Wildman–Crippen MR) is 56.9 cm³/mol. The van der Waals surface area contributed by atoms with E-state index in [2.05, 4.69) is 15.9 Å². The lowest BCUT2D eigenvalue weighted by Gasteiger charge is -2.04. The van der Waals surface area contributed by atoms with Gasteiger partial charge in [0.2, 0.25) is 0 Å². The van der Waals surface area contributed by atoms with Gasteiger partial charge in [-0.3, -0.25) is 0 Å². The smallest absolute Gasteiger partial charge is 0.207 e. The van der Waals surface area contributed by atoms with Crippen molar-refractivity contribution in [1.29, 1.82) is 0 Å². The summed E-state index contributed by atoms with van der Waals surface area (Å²) in [5.41, 5.74) is 0.656. The van der Waals surface area contributed by atoms with Gasteiger partial charge >= 0.3 is 0 Å². The molecule has 0 aliphatic carbocycles. The van der Waals surface area contributed by atoms with Gasteiger partial charge in [0.05, 0.1) is 4.90 Å². The predicted octanol–water partition coefficient (Wildman–Crippen LogP) is 3.34. The molecule has 0 saturated carbocycles. The van der Waals surface area contributed by atoms with Crippen LogP contribution in [0.5, 0.6) is 0 Å². The van der Waals surface area contributed by atoms with Crippen LogP contribution in [0.2, 0.25) is 5.02 Å². The van der Waals surface area contributed by atoms with Crippen LogP contribution in [0, 0.1) is 6.92 Å². The monoisotopic (exact) mass is 302 g/mol. The summed E-state index contributed by atoms with van der Waals surface area (Å²) in [6.45, 7) is 1.71. The molecule has 1 rings (SSSR count). The van der Waals surface area contributed by atoms with Crippen LogP contribution in [0.4, 0.5) is 0 Å². The molecule has 6 heteroatoms. The highest BCUT2D eigenvalue weighted by molar-refractivity contribution is 9.10. The van der Waals surface area contributed by atoms with Crippen LogP contribution in [0.1, 0.15) is 5.56 Å².